The van der Waals surface area contributed by atoms with E-state index in [1.165, 1.54) is 0 Å². The quantitative estimate of drug-likeness (QED) is 0.699. The second-order valence-corrected chi connectivity index (χ2v) is 4.86. The van der Waals surface area contributed by atoms with E-state index >= 15 is 0 Å². The molecule has 0 aliphatic rings. The highest BCUT2D eigenvalue weighted by atomic mass is 16.5. The lowest BCUT2D eigenvalue weighted by atomic mass is 10.1. The molecule has 0 aliphatic carbocycles. The smallest absolute Gasteiger partial charge is 0.161 e. The van der Waals surface area contributed by atoms with E-state index in [1.54, 1.807) is 0 Å². The third-order valence-corrected chi connectivity index (χ3v) is 3.21. The summed E-state index contributed by atoms with van der Waals surface area (Å²) in [6.07, 6.45) is -0.503. The van der Waals surface area contributed by atoms with Gasteiger partial charge in [-0.05, 0) is 24.6 Å². The van der Waals surface area contributed by atoms with Crippen LogP contribution in [0.2, 0.25) is 0 Å². The van der Waals surface area contributed by atoms with E-state index in [0.717, 1.165) is 17.1 Å². The van der Waals surface area contributed by atoms with Gasteiger partial charge in [0.05, 0.1) is 12.7 Å². The fourth-order valence-electron chi connectivity index (χ4n) is 2.11. The Bertz CT molecular complexity index is 545. The summed E-state index contributed by atoms with van der Waals surface area (Å²) >= 11 is 0. The Morgan fingerprint density at radius 2 is 1.59 bits per heavy atom. The van der Waals surface area contributed by atoms with Gasteiger partial charge in [-0.15, -0.1) is 0 Å². The van der Waals surface area contributed by atoms with Gasteiger partial charge in [0.2, 0.25) is 0 Å². The average molecular weight is 301 g/mol. The summed E-state index contributed by atoms with van der Waals surface area (Å²) < 4.78 is 11.2. The largest absolute Gasteiger partial charge is 0.490 e. The van der Waals surface area contributed by atoms with Crippen molar-refractivity contribution < 1.29 is 14.6 Å². The summed E-state index contributed by atoms with van der Waals surface area (Å²) in [5, 5.41) is 13.2. The van der Waals surface area contributed by atoms with Gasteiger partial charge in [0.15, 0.2) is 11.5 Å². The van der Waals surface area contributed by atoms with Crippen molar-refractivity contribution in [1.82, 2.24) is 5.32 Å². The first-order valence-corrected chi connectivity index (χ1v) is 7.59. The molecule has 0 amide bonds. The van der Waals surface area contributed by atoms with Gasteiger partial charge in [0.25, 0.3) is 0 Å². The Balaban J connectivity index is 1.69. The van der Waals surface area contributed by atoms with Crippen LogP contribution in [0.15, 0.2) is 54.6 Å². The first-order valence-electron chi connectivity index (χ1n) is 7.59. The normalized spacial score (nSPS) is 11.9. The maximum Gasteiger partial charge on any atom is 0.161 e. The maximum absolute atomic E-state index is 10.0. The second-order valence-electron chi connectivity index (χ2n) is 4.86. The van der Waals surface area contributed by atoms with Crippen molar-refractivity contribution in [3.8, 4) is 11.5 Å². The van der Waals surface area contributed by atoms with E-state index in [4.69, 9.17) is 9.47 Å². The molecule has 4 heteroatoms. The highest BCUT2D eigenvalue weighted by Gasteiger charge is 2.06. The van der Waals surface area contributed by atoms with Crippen LogP contribution in [0.1, 0.15) is 18.6 Å². The zero-order valence-corrected chi connectivity index (χ0v) is 12.9. The number of benzene rings is 2. The van der Waals surface area contributed by atoms with Crippen molar-refractivity contribution in [2.45, 2.75) is 13.0 Å². The van der Waals surface area contributed by atoms with Crippen molar-refractivity contribution in [1.29, 1.82) is 0 Å². The van der Waals surface area contributed by atoms with Crippen molar-refractivity contribution in [3.05, 3.63) is 60.2 Å². The van der Waals surface area contributed by atoms with Gasteiger partial charge in [0, 0.05) is 13.1 Å². The lowest BCUT2D eigenvalue weighted by molar-refractivity contribution is 0.171. The van der Waals surface area contributed by atoms with E-state index < -0.39 is 6.10 Å². The Labute approximate surface area is 131 Å². The molecule has 1 unspecified atom stereocenters. The predicted octanol–water partition coefficient (Wildman–Crippen LogP) is 2.79. The van der Waals surface area contributed by atoms with E-state index in [0.29, 0.717) is 26.3 Å². The zero-order chi connectivity index (χ0) is 15.6. The fourth-order valence-corrected chi connectivity index (χ4v) is 2.11. The van der Waals surface area contributed by atoms with Crippen LogP contribution >= 0.6 is 0 Å². The summed E-state index contributed by atoms with van der Waals surface area (Å²) in [4.78, 5) is 0. The highest BCUT2D eigenvalue weighted by Crippen LogP contribution is 2.26. The third-order valence-electron chi connectivity index (χ3n) is 3.21. The number of hydrogen-bond donors (Lipinski definition) is 2. The molecule has 4 nitrogen and oxygen atoms in total. The third kappa shape index (κ3) is 5.06. The molecule has 2 rings (SSSR count). The van der Waals surface area contributed by atoms with Crippen LogP contribution in [-0.4, -0.2) is 31.4 Å². The predicted molar refractivity (Wildman–Crippen MR) is 87.4 cm³/mol. The second kappa shape index (κ2) is 9.07. The van der Waals surface area contributed by atoms with Crippen LogP contribution in [0.4, 0.5) is 0 Å². The highest BCUT2D eigenvalue weighted by molar-refractivity contribution is 5.39. The molecule has 2 N–H and O–H groups in total. The topological polar surface area (TPSA) is 50.7 Å². The van der Waals surface area contributed by atoms with Gasteiger partial charge in [-0.25, -0.2) is 0 Å². The fraction of sp³-hybridized carbons (Fsp3) is 0.333. The van der Waals surface area contributed by atoms with Crippen LogP contribution in [0.25, 0.3) is 0 Å². The van der Waals surface area contributed by atoms with Gasteiger partial charge in [-0.3, -0.25) is 0 Å². The van der Waals surface area contributed by atoms with E-state index in [9.17, 15) is 5.11 Å². The molecule has 2 aromatic carbocycles. The van der Waals surface area contributed by atoms with Crippen LogP contribution in [-0.2, 0) is 0 Å². The number of nitrogens with one attached hydrogen (secondary N) is 1. The molecule has 1 atom stereocenters. The summed E-state index contributed by atoms with van der Waals surface area (Å²) in [5.74, 6) is 1.50. The number of rotatable bonds is 9. The number of ether oxygens (including phenoxy) is 2. The Morgan fingerprint density at radius 3 is 2.27 bits per heavy atom. The molecule has 0 spiro atoms. The number of aliphatic hydroxyl groups excluding tert-OH is 1. The van der Waals surface area contributed by atoms with Crippen LogP contribution in [0, 0.1) is 0 Å². The molecule has 0 aromatic heterocycles. The van der Waals surface area contributed by atoms with Gasteiger partial charge < -0.3 is 19.9 Å². The van der Waals surface area contributed by atoms with Crippen molar-refractivity contribution in [3.63, 3.8) is 0 Å². The standard InChI is InChI=1S/C18H23NO3/c1-2-21-17-10-6-7-11-18(17)22-13-12-19-14-16(20)15-8-4-3-5-9-15/h3-11,16,19-20H,2,12-14H2,1H3. The monoisotopic (exact) mass is 301 g/mol. The molecule has 22 heavy (non-hydrogen) atoms. The number of para-hydroxylation sites is 2. The lowest BCUT2D eigenvalue weighted by Gasteiger charge is -2.14. The van der Waals surface area contributed by atoms with Gasteiger partial charge in [-0.2, -0.15) is 0 Å². The van der Waals surface area contributed by atoms with E-state index in [-0.39, 0.29) is 0 Å². The molecule has 0 heterocycles. The number of aliphatic hydroxyl groups is 1. The Kier molecular flexibility index (Phi) is 6.74. The summed E-state index contributed by atoms with van der Waals surface area (Å²) in [7, 11) is 0. The Morgan fingerprint density at radius 1 is 0.955 bits per heavy atom. The minimum atomic E-state index is -0.503. The molecule has 0 saturated heterocycles. The van der Waals surface area contributed by atoms with Gasteiger partial charge in [0.1, 0.15) is 6.61 Å². The molecule has 2 aromatic rings. The van der Waals surface area contributed by atoms with E-state index in [1.807, 2.05) is 61.5 Å². The average Bonchev–Trinajstić information content (AvgIpc) is 2.57. The van der Waals surface area contributed by atoms with Crippen molar-refractivity contribution in [2.75, 3.05) is 26.3 Å². The van der Waals surface area contributed by atoms with Crippen LogP contribution in [0.3, 0.4) is 0 Å². The zero-order valence-electron chi connectivity index (χ0n) is 12.9. The van der Waals surface area contributed by atoms with Crippen molar-refractivity contribution in [2.24, 2.45) is 0 Å². The minimum Gasteiger partial charge on any atom is -0.490 e. The molecular weight excluding hydrogens is 278 g/mol. The summed E-state index contributed by atoms with van der Waals surface area (Å²) in [6.45, 7) is 4.24. The first-order chi connectivity index (χ1) is 10.8. The van der Waals surface area contributed by atoms with Gasteiger partial charge in [-0.1, -0.05) is 42.5 Å². The van der Waals surface area contributed by atoms with E-state index in [2.05, 4.69) is 5.32 Å². The van der Waals surface area contributed by atoms with Crippen molar-refractivity contribution >= 4 is 0 Å². The Hall–Kier alpha value is -2.04. The molecule has 0 fully saturated rings. The minimum absolute atomic E-state index is 0.500. The molecule has 0 saturated carbocycles. The van der Waals surface area contributed by atoms with Crippen LogP contribution < -0.4 is 14.8 Å². The SMILES string of the molecule is CCOc1ccccc1OCCNCC(O)c1ccccc1. The molecule has 0 bridgehead atoms. The molecule has 0 aliphatic heterocycles. The summed E-state index contributed by atoms with van der Waals surface area (Å²) in [6, 6.07) is 17.3. The molecular formula is C18H23NO3. The molecule has 118 valence electrons. The maximum atomic E-state index is 10.0. The number of hydrogen-bond acceptors (Lipinski definition) is 4. The van der Waals surface area contributed by atoms with Crippen LogP contribution in [0.5, 0.6) is 11.5 Å². The molecule has 0 radical (unpaired) electrons. The first kappa shape index (κ1) is 16.3. The summed E-state index contributed by atoms with van der Waals surface area (Å²) in [5.41, 5.74) is 0.914. The lowest BCUT2D eigenvalue weighted by Crippen LogP contribution is -2.26. The van der Waals surface area contributed by atoms with Gasteiger partial charge >= 0.3 is 0 Å².